The van der Waals surface area contributed by atoms with Gasteiger partial charge in [0, 0.05) is 19.3 Å². The summed E-state index contributed by atoms with van der Waals surface area (Å²) in [7, 11) is 4.03. The molecule has 1 aromatic carbocycles. The third-order valence-electron chi connectivity index (χ3n) is 3.65. The second kappa shape index (κ2) is 8.98. The van der Waals surface area contributed by atoms with Gasteiger partial charge in [0.2, 0.25) is 5.95 Å². The van der Waals surface area contributed by atoms with E-state index in [1.54, 1.807) is 12.3 Å². The Bertz CT molecular complexity index is 672. The highest BCUT2D eigenvalue weighted by Gasteiger charge is 2.08. The standard InChI is InChI=1S/C18H25N5O/c1-14-7-4-5-8-15(14)13-21-18-20-11-9-16(22-18)17(24)19-10-6-12-23(2)3/h4-5,7-9,11H,6,10,12-13H2,1-3H3,(H,19,24)(H,20,21,22). The minimum Gasteiger partial charge on any atom is -0.351 e. The molecule has 0 saturated heterocycles. The molecule has 2 rings (SSSR count). The Kier molecular flexibility index (Phi) is 6.69. The van der Waals surface area contributed by atoms with Crippen LogP contribution in [0.4, 0.5) is 5.95 Å². The summed E-state index contributed by atoms with van der Waals surface area (Å²) in [6.45, 7) is 4.26. The molecule has 0 unspecified atom stereocenters. The highest BCUT2D eigenvalue weighted by atomic mass is 16.1. The molecule has 6 nitrogen and oxygen atoms in total. The molecule has 2 N–H and O–H groups in total. The van der Waals surface area contributed by atoms with E-state index in [4.69, 9.17) is 0 Å². The SMILES string of the molecule is Cc1ccccc1CNc1nccc(C(=O)NCCCN(C)C)n1. The van der Waals surface area contributed by atoms with Gasteiger partial charge in [-0.1, -0.05) is 24.3 Å². The van der Waals surface area contributed by atoms with Crippen LogP contribution in [0.3, 0.4) is 0 Å². The van der Waals surface area contributed by atoms with Crippen LogP contribution < -0.4 is 10.6 Å². The molecule has 2 aromatic rings. The highest BCUT2D eigenvalue weighted by Crippen LogP contribution is 2.09. The molecule has 0 aliphatic rings. The molecule has 24 heavy (non-hydrogen) atoms. The normalized spacial score (nSPS) is 10.7. The molecule has 0 fully saturated rings. The predicted octanol–water partition coefficient (Wildman–Crippen LogP) is 2.08. The number of rotatable bonds is 8. The molecular formula is C18H25N5O. The van der Waals surface area contributed by atoms with Crippen LogP contribution in [0.2, 0.25) is 0 Å². The number of anilines is 1. The summed E-state index contributed by atoms with van der Waals surface area (Å²) in [5, 5.41) is 6.05. The van der Waals surface area contributed by atoms with E-state index in [0.29, 0.717) is 24.7 Å². The number of aryl methyl sites for hydroxylation is 1. The Balaban J connectivity index is 1.89. The highest BCUT2D eigenvalue weighted by molar-refractivity contribution is 5.92. The second-order valence-corrected chi connectivity index (χ2v) is 5.96. The average Bonchev–Trinajstić information content (AvgIpc) is 2.58. The van der Waals surface area contributed by atoms with Gasteiger partial charge in [-0.25, -0.2) is 9.97 Å². The van der Waals surface area contributed by atoms with E-state index in [1.165, 1.54) is 11.1 Å². The number of benzene rings is 1. The molecule has 0 aliphatic carbocycles. The summed E-state index contributed by atoms with van der Waals surface area (Å²) >= 11 is 0. The van der Waals surface area contributed by atoms with Crippen molar-refractivity contribution in [1.82, 2.24) is 20.2 Å². The fourth-order valence-corrected chi connectivity index (χ4v) is 2.24. The number of hydrogen-bond acceptors (Lipinski definition) is 5. The zero-order valence-corrected chi connectivity index (χ0v) is 14.5. The van der Waals surface area contributed by atoms with Crippen molar-refractivity contribution >= 4 is 11.9 Å². The third kappa shape index (κ3) is 5.62. The Morgan fingerprint density at radius 2 is 2.00 bits per heavy atom. The van der Waals surface area contributed by atoms with Gasteiger partial charge in [-0.3, -0.25) is 4.79 Å². The minimum atomic E-state index is -0.171. The smallest absolute Gasteiger partial charge is 0.270 e. The maximum absolute atomic E-state index is 12.1. The average molecular weight is 327 g/mol. The van der Waals surface area contributed by atoms with E-state index in [1.807, 2.05) is 26.2 Å². The van der Waals surface area contributed by atoms with Crippen molar-refractivity contribution in [1.29, 1.82) is 0 Å². The molecule has 128 valence electrons. The molecule has 1 amide bonds. The Morgan fingerprint density at radius 1 is 1.21 bits per heavy atom. The van der Waals surface area contributed by atoms with Gasteiger partial charge in [-0.05, 0) is 51.2 Å². The first-order valence-corrected chi connectivity index (χ1v) is 8.10. The number of aromatic nitrogens is 2. The van der Waals surface area contributed by atoms with Crippen LogP contribution in [0.25, 0.3) is 0 Å². The molecule has 0 atom stereocenters. The van der Waals surface area contributed by atoms with E-state index < -0.39 is 0 Å². The minimum absolute atomic E-state index is 0.171. The molecule has 1 heterocycles. The van der Waals surface area contributed by atoms with Crippen LogP contribution in [-0.4, -0.2) is 48.0 Å². The molecule has 0 spiro atoms. The zero-order chi connectivity index (χ0) is 17.4. The van der Waals surface area contributed by atoms with Crippen molar-refractivity contribution in [2.75, 3.05) is 32.5 Å². The van der Waals surface area contributed by atoms with Gasteiger partial charge in [0.05, 0.1) is 0 Å². The molecule has 0 bridgehead atoms. The Labute approximate surface area is 143 Å². The van der Waals surface area contributed by atoms with Gasteiger partial charge in [0.1, 0.15) is 5.69 Å². The van der Waals surface area contributed by atoms with Gasteiger partial charge < -0.3 is 15.5 Å². The number of nitrogens with one attached hydrogen (secondary N) is 2. The second-order valence-electron chi connectivity index (χ2n) is 5.96. The van der Waals surface area contributed by atoms with E-state index in [2.05, 4.69) is 44.6 Å². The molecule has 0 radical (unpaired) electrons. The van der Waals surface area contributed by atoms with Gasteiger partial charge in [-0.2, -0.15) is 0 Å². The fourth-order valence-electron chi connectivity index (χ4n) is 2.24. The Hall–Kier alpha value is -2.47. The lowest BCUT2D eigenvalue weighted by molar-refractivity contribution is 0.0947. The fraction of sp³-hybridized carbons (Fsp3) is 0.389. The van der Waals surface area contributed by atoms with Crippen LogP contribution >= 0.6 is 0 Å². The summed E-state index contributed by atoms with van der Waals surface area (Å²) in [6, 6.07) is 9.76. The predicted molar refractivity (Wildman–Crippen MR) is 96.0 cm³/mol. The van der Waals surface area contributed by atoms with E-state index in [9.17, 15) is 4.79 Å². The lowest BCUT2D eigenvalue weighted by Gasteiger charge is -2.10. The van der Waals surface area contributed by atoms with Crippen LogP contribution in [0.5, 0.6) is 0 Å². The lowest BCUT2D eigenvalue weighted by Crippen LogP contribution is -2.28. The summed E-state index contributed by atoms with van der Waals surface area (Å²) < 4.78 is 0. The summed E-state index contributed by atoms with van der Waals surface area (Å²) in [4.78, 5) is 22.7. The largest absolute Gasteiger partial charge is 0.351 e. The number of carbonyl (C=O) groups excluding carboxylic acids is 1. The molecular weight excluding hydrogens is 302 g/mol. The monoisotopic (exact) mass is 327 g/mol. The number of carbonyl (C=O) groups is 1. The van der Waals surface area contributed by atoms with E-state index >= 15 is 0 Å². The van der Waals surface area contributed by atoms with E-state index in [0.717, 1.165) is 13.0 Å². The first kappa shape index (κ1) is 17.9. The molecule has 6 heteroatoms. The van der Waals surface area contributed by atoms with Gasteiger partial charge >= 0.3 is 0 Å². The number of hydrogen-bond donors (Lipinski definition) is 2. The van der Waals surface area contributed by atoms with Crippen molar-refractivity contribution in [3.8, 4) is 0 Å². The summed E-state index contributed by atoms with van der Waals surface area (Å²) in [6.07, 6.45) is 2.50. The van der Waals surface area contributed by atoms with Gasteiger partial charge in [0.15, 0.2) is 0 Å². The number of amides is 1. The lowest BCUT2D eigenvalue weighted by atomic mass is 10.1. The van der Waals surface area contributed by atoms with Crippen molar-refractivity contribution in [2.24, 2.45) is 0 Å². The maximum atomic E-state index is 12.1. The van der Waals surface area contributed by atoms with E-state index in [-0.39, 0.29) is 5.91 Å². The number of nitrogens with zero attached hydrogens (tertiary/aromatic N) is 3. The summed E-state index contributed by atoms with van der Waals surface area (Å²) in [5.74, 6) is 0.286. The molecule has 0 aliphatic heterocycles. The maximum Gasteiger partial charge on any atom is 0.270 e. The van der Waals surface area contributed by atoms with Crippen LogP contribution in [0.15, 0.2) is 36.5 Å². The van der Waals surface area contributed by atoms with Gasteiger partial charge in [-0.15, -0.1) is 0 Å². The quantitative estimate of drug-likeness (QED) is 0.727. The topological polar surface area (TPSA) is 70.2 Å². The van der Waals surface area contributed by atoms with Crippen LogP contribution in [0.1, 0.15) is 28.0 Å². The van der Waals surface area contributed by atoms with Crippen molar-refractivity contribution in [2.45, 2.75) is 19.9 Å². The zero-order valence-electron chi connectivity index (χ0n) is 14.5. The van der Waals surface area contributed by atoms with Crippen LogP contribution in [0, 0.1) is 6.92 Å². The Morgan fingerprint density at radius 3 is 2.75 bits per heavy atom. The first-order valence-electron chi connectivity index (χ1n) is 8.10. The molecule has 1 aromatic heterocycles. The first-order chi connectivity index (χ1) is 11.6. The third-order valence-corrected chi connectivity index (χ3v) is 3.65. The van der Waals surface area contributed by atoms with Crippen LogP contribution in [-0.2, 0) is 6.54 Å². The molecule has 0 saturated carbocycles. The van der Waals surface area contributed by atoms with Crippen molar-refractivity contribution in [3.63, 3.8) is 0 Å². The van der Waals surface area contributed by atoms with Gasteiger partial charge in [0.25, 0.3) is 5.91 Å². The summed E-state index contributed by atoms with van der Waals surface area (Å²) in [5.41, 5.74) is 2.77. The van der Waals surface area contributed by atoms with Crippen molar-refractivity contribution in [3.05, 3.63) is 53.3 Å². The van der Waals surface area contributed by atoms with Crippen molar-refractivity contribution < 1.29 is 4.79 Å².